The third kappa shape index (κ3) is 4.13. The zero-order valence-electron chi connectivity index (χ0n) is 16.5. The van der Waals surface area contributed by atoms with Crippen LogP contribution in [0.5, 0.6) is 0 Å². The molecule has 2 aromatic rings. The summed E-state index contributed by atoms with van der Waals surface area (Å²) in [5.41, 5.74) is 3.01. The van der Waals surface area contributed by atoms with Crippen LogP contribution in [0.2, 0.25) is 0 Å². The number of hydrogen-bond acceptors (Lipinski definition) is 6. The second-order valence-corrected chi connectivity index (χ2v) is 7.65. The van der Waals surface area contributed by atoms with Crippen LogP contribution >= 0.6 is 0 Å². The van der Waals surface area contributed by atoms with E-state index >= 15 is 0 Å². The topological polar surface area (TPSA) is 81.0 Å². The summed E-state index contributed by atoms with van der Waals surface area (Å²) in [6, 6.07) is 16.4. The second kappa shape index (κ2) is 8.73. The first kappa shape index (κ1) is 20.2. The third-order valence-corrected chi connectivity index (χ3v) is 5.78. The van der Waals surface area contributed by atoms with Gasteiger partial charge in [-0.3, -0.25) is 0 Å². The largest absolute Gasteiger partial charge is 0.379 e. The molecule has 1 saturated heterocycles. The van der Waals surface area contributed by atoms with E-state index in [9.17, 15) is 5.11 Å². The Balaban J connectivity index is 1.72. The molecule has 29 heavy (non-hydrogen) atoms. The maximum absolute atomic E-state index is 10.9. The van der Waals surface area contributed by atoms with Crippen LogP contribution in [0.15, 0.2) is 48.5 Å². The fourth-order valence-electron chi connectivity index (χ4n) is 4.09. The van der Waals surface area contributed by atoms with Gasteiger partial charge in [-0.1, -0.05) is 48.5 Å². The Morgan fingerprint density at radius 2 is 1.62 bits per heavy atom. The summed E-state index contributed by atoms with van der Waals surface area (Å²) in [6.07, 6.45) is 0.0720. The Kier molecular flexibility index (Phi) is 6.08. The zero-order valence-corrected chi connectivity index (χ0v) is 16.5. The smallest absolute Gasteiger partial charge is 0.151 e. The molecule has 0 saturated carbocycles. The Morgan fingerprint density at radius 3 is 2.24 bits per heavy atom. The molecule has 0 aromatic heterocycles. The van der Waals surface area contributed by atoms with Crippen molar-refractivity contribution in [1.29, 1.82) is 5.41 Å². The highest BCUT2D eigenvalue weighted by Crippen LogP contribution is 2.30. The summed E-state index contributed by atoms with van der Waals surface area (Å²) in [5, 5.41) is 18.7. The Bertz CT molecular complexity index is 857. The number of fused-ring (bicyclic) bond motifs is 4. The van der Waals surface area contributed by atoms with Gasteiger partial charge in [-0.05, 0) is 28.7 Å². The van der Waals surface area contributed by atoms with Crippen LogP contribution in [0.1, 0.15) is 22.3 Å². The van der Waals surface area contributed by atoms with Crippen molar-refractivity contribution in [2.24, 2.45) is 0 Å². The first-order chi connectivity index (χ1) is 14.1. The summed E-state index contributed by atoms with van der Waals surface area (Å²) < 4.78 is 23.6. The Morgan fingerprint density at radius 1 is 1.00 bits per heavy atom. The average Bonchev–Trinajstić information content (AvgIpc) is 2.76. The molecule has 6 heteroatoms. The molecule has 4 rings (SSSR count). The molecule has 0 radical (unpaired) electrons. The lowest BCUT2D eigenvalue weighted by Gasteiger charge is -2.45. The van der Waals surface area contributed by atoms with Crippen molar-refractivity contribution in [2.45, 2.75) is 43.5 Å². The van der Waals surface area contributed by atoms with Gasteiger partial charge in [-0.15, -0.1) is 0 Å². The lowest BCUT2D eigenvalue weighted by Crippen LogP contribution is -2.64. The lowest BCUT2D eigenvalue weighted by atomic mass is 9.88. The first-order valence-corrected chi connectivity index (χ1v) is 9.86. The van der Waals surface area contributed by atoms with Crippen LogP contribution in [0, 0.1) is 5.41 Å². The van der Waals surface area contributed by atoms with Gasteiger partial charge in [0.25, 0.3) is 0 Å². The molecule has 0 amide bonds. The minimum atomic E-state index is -1.55. The van der Waals surface area contributed by atoms with Crippen molar-refractivity contribution in [1.82, 2.24) is 0 Å². The van der Waals surface area contributed by atoms with Crippen LogP contribution in [-0.2, 0) is 38.6 Å². The predicted octanol–water partition coefficient (Wildman–Crippen LogP) is 2.49. The number of rotatable bonds is 2. The molecular weight excluding hydrogens is 370 g/mol. The highest BCUT2D eigenvalue weighted by atomic mass is 16.6. The van der Waals surface area contributed by atoms with Crippen molar-refractivity contribution < 1.29 is 24.1 Å². The van der Waals surface area contributed by atoms with Crippen LogP contribution in [0.25, 0.3) is 0 Å². The van der Waals surface area contributed by atoms with E-state index in [2.05, 4.69) is 18.2 Å². The molecule has 2 aromatic carbocycles. The van der Waals surface area contributed by atoms with Crippen LogP contribution in [0.4, 0.5) is 0 Å². The molecule has 6 nitrogen and oxygen atoms in total. The van der Waals surface area contributed by atoms with E-state index in [1.807, 2.05) is 30.3 Å². The van der Waals surface area contributed by atoms with Gasteiger partial charge < -0.3 is 29.5 Å². The van der Waals surface area contributed by atoms with Gasteiger partial charge in [0.05, 0.1) is 26.4 Å². The van der Waals surface area contributed by atoms with E-state index in [1.54, 1.807) is 7.11 Å². The maximum atomic E-state index is 10.9. The van der Waals surface area contributed by atoms with Crippen molar-refractivity contribution in [2.75, 3.05) is 20.3 Å². The third-order valence-electron chi connectivity index (χ3n) is 5.78. The molecule has 2 aliphatic rings. The first-order valence-electron chi connectivity index (χ1n) is 9.86. The summed E-state index contributed by atoms with van der Waals surface area (Å²) in [5.74, 6) is 0. The minimum Gasteiger partial charge on any atom is -0.379 e. The highest BCUT2D eigenvalue weighted by molar-refractivity contribution is 5.67. The second-order valence-electron chi connectivity index (χ2n) is 7.65. The van der Waals surface area contributed by atoms with E-state index in [0.717, 1.165) is 29.3 Å². The van der Waals surface area contributed by atoms with E-state index in [1.165, 1.54) is 5.56 Å². The standard InChI is InChI=1S/C23H27NO5/c1-26-21-20-13-27-11-18-8-4-2-6-16(18)10-17-7-3-5-9-19(17)12-28-22(21)23(25,14-24)15-29-20/h2-9,14,20-22,24-25H,10-13,15H2,1H3/t20?,21-,22?,23?/m1/s1. The normalized spacial score (nSPS) is 30.1. The molecule has 1 fully saturated rings. The molecule has 3 unspecified atom stereocenters. The van der Waals surface area contributed by atoms with Crippen LogP contribution < -0.4 is 0 Å². The summed E-state index contributed by atoms with van der Waals surface area (Å²) in [4.78, 5) is 0. The van der Waals surface area contributed by atoms with Crippen molar-refractivity contribution in [3.63, 3.8) is 0 Å². The summed E-state index contributed by atoms with van der Waals surface area (Å²) in [6.45, 7) is 1.06. The molecule has 4 atom stereocenters. The van der Waals surface area contributed by atoms with E-state index in [-0.39, 0.29) is 6.61 Å². The van der Waals surface area contributed by atoms with Crippen molar-refractivity contribution in [3.05, 3.63) is 70.8 Å². The van der Waals surface area contributed by atoms with E-state index in [0.29, 0.717) is 19.8 Å². The number of benzene rings is 2. The van der Waals surface area contributed by atoms with Crippen molar-refractivity contribution >= 4 is 6.21 Å². The van der Waals surface area contributed by atoms with Gasteiger partial charge >= 0.3 is 0 Å². The molecule has 2 bridgehead atoms. The van der Waals surface area contributed by atoms with Gasteiger partial charge in [-0.2, -0.15) is 0 Å². The number of aliphatic hydroxyl groups is 1. The average molecular weight is 397 g/mol. The zero-order chi connectivity index (χ0) is 20.3. The minimum absolute atomic E-state index is 0.0344. The molecule has 0 spiro atoms. The SMILES string of the molecule is CO[C@@H]1C2COCc3ccccc3Cc3ccccc3COC1C(O)(C=N)CO2. The number of hydrogen-bond donors (Lipinski definition) is 2. The molecule has 154 valence electrons. The quantitative estimate of drug-likeness (QED) is 0.761. The molecule has 2 N–H and O–H groups in total. The lowest BCUT2D eigenvalue weighted by molar-refractivity contribution is -0.242. The number of methoxy groups -OCH3 is 1. The van der Waals surface area contributed by atoms with Crippen LogP contribution in [-0.4, -0.2) is 55.6 Å². The number of nitrogens with one attached hydrogen (secondary N) is 1. The fraction of sp³-hybridized carbons (Fsp3) is 0.435. The Labute approximate surface area is 170 Å². The molecule has 2 aliphatic heterocycles. The van der Waals surface area contributed by atoms with Crippen molar-refractivity contribution in [3.8, 4) is 0 Å². The number of ether oxygens (including phenoxy) is 4. The maximum Gasteiger partial charge on any atom is 0.151 e. The van der Waals surface area contributed by atoms with E-state index < -0.39 is 23.9 Å². The van der Waals surface area contributed by atoms with Gasteiger partial charge in [0.2, 0.25) is 0 Å². The highest BCUT2D eigenvalue weighted by Gasteiger charge is 2.50. The summed E-state index contributed by atoms with van der Waals surface area (Å²) >= 11 is 0. The predicted molar refractivity (Wildman–Crippen MR) is 108 cm³/mol. The summed E-state index contributed by atoms with van der Waals surface area (Å²) in [7, 11) is 1.56. The van der Waals surface area contributed by atoms with Gasteiger partial charge in [0, 0.05) is 13.3 Å². The van der Waals surface area contributed by atoms with Gasteiger partial charge in [0.1, 0.15) is 18.3 Å². The van der Waals surface area contributed by atoms with E-state index in [4.69, 9.17) is 24.4 Å². The fourth-order valence-corrected chi connectivity index (χ4v) is 4.09. The van der Waals surface area contributed by atoms with Gasteiger partial charge in [-0.25, -0.2) is 0 Å². The Hall–Kier alpha value is -2.09. The molecule has 0 aliphatic carbocycles. The van der Waals surface area contributed by atoms with Gasteiger partial charge in [0.15, 0.2) is 5.60 Å². The monoisotopic (exact) mass is 397 g/mol. The molecule has 2 heterocycles. The van der Waals surface area contributed by atoms with Crippen LogP contribution in [0.3, 0.4) is 0 Å². The molecular formula is C23H27NO5.